The second-order valence-corrected chi connectivity index (χ2v) is 14.0. The van der Waals surface area contributed by atoms with Gasteiger partial charge in [0.2, 0.25) is 0 Å². The van der Waals surface area contributed by atoms with Gasteiger partial charge in [-0.3, -0.25) is 0 Å². The first-order chi connectivity index (χ1) is 24.3. The van der Waals surface area contributed by atoms with Gasteiger partial charge >= 0.3 is 0 Å². The van der Waals surface area contributed by atoms with Gasteiger partial charge in [0, 0.05) is 53.1 Å². The van der Waals surface area contributed by atoms with Crippen LogP contribution in [0.3, 0.4) is 0 Å². The van der Waals surface area contributed by atoms with Gasteiger partial charge in [-0.15, -0.1) is 11.3 Å². The quantitative estimate of drug-likeness (QED) is 0.182. The van der Waals surface area contributed by atoms with Gasteiger partial charge in [0.1, 0.15) is 0 Å². The van der Waals surface area contributed by atoms with Gasteiger partial charge < -0.3 is 9.13 Å². The third-order valence-corrected chi connectivity index (χ3v) is 11.4. The van der Waals surface area contributed by atoms with Crippen LogP contribution >= 0.6 is 11.3 Å². The van der Waals surface area contributed by atoms with Crippen molar-refractivity contribution < 1.29 is 0 Å². The van der Waals surface area contributed by atoms with Gasteiger partial charge in [0.05, 0.1) is 22.1 Å². The fourth-order valence-corrected chi connectivity index (χ4v) is 9.32. The summed E-state index contributed by atoms with van der Waals surface area (Å²) in [5.74, 6) is 0. The van der Waals surface area contributed by atoms with Crippen molar-refractivity contribution >= 4 is 85.9 Å². The van der Waals surface area contributed by atoms with E-state index in [4.69, 9.17) is 0 Å². The lowest BCUT2D eigenvalue weighted by molar-refractivity contribution is 1.17. The lowest BCUT2D eigenvalue weighted by Gasteiger charge is -2.11. The van der Waals surface area contributed by atoms with Crippen LogP contribution in [-0.4, -0.2) is 9.13 Å². The molecule has 11 rings (SSSR count). The van der Waals surface area contributed by atoms with E-state index >= 15 is 0 Å². The lowest BCUT2D eigenvalue weighted by Crippen LogP contribution is -1.95. The number of para-hydroxylation sites is 2. The SMILES string of the molecule is c1ccc(-n2c3ccccc3c3cc(-n4c5ccc(-c6cccc7ccccc67)cc5c5c6c(ccc54)sc4ccccc46)ccc32)cc1. The molecule has 8 aromatic carbocycles. The zero-order valence-electron chi connectivity index (χ0n) is 26.5. The smallest absolute Gasteiger partial charge is 0.0548 e. The van der Waals surface area contributed by atoms with Crippen LogP contribution in [0.5, 0.6) is 0 Å². The standard InChI is InChI=1S/C46H28N2S/c1-2-13-31(14-3-1)47-39-19-8-6-16-35(39)37-28-32(22-24-40(37)47)48-41-23-21-30(34-18-10-12-29-11-4-5-15-33(29)34)27-38(41)45-42(48)25-26-44-46(45)36-17-7-9-20-43(36)49-44/h1-28H. The molecule has 11 aromatic rings. The predicted octanol–water partition coefficient (Wildman–Crippen LogP) is 13.1. The largest absolute Gasteiger partial charge is 0.309 e. The van der Waals surface area contributed by atoms with Crippen molar-refractivity contribution in [3.05, 3.63) is 170 Å². The number of rotatable bonds is 3. The van der Waals surface area contributed by atoms with Crippen molar-refractivity contribution in [1.29, 1.82) is 0 Å². The Morgan fingerprint density at radius 3 is 1.94 bits per heavy atom. The highest BCUT2D eigenvalue weighted by molar-refractivity contribution is 7.26. The van der Waals surface area contributed by atoms with Crippen molar-refractivity contribution in [3.8, 4) is 22.5 Å². The zero-order chi connectivity index (χ0) is 32.1. The number of hydrogen-bond donors (Lipinski definition) is 0. The maximum absolute atomic E-state index is 2.48. The highest BCUT2D eigenvalue weighted by Crippen LogP contribution is 2.45. The van der Waals surface area contributed by atoms with Crippen LogP contribution in [0.15, 0.2) is 170 Å². The topological polar surface area (TPSA) is 9.86 Å². The Hall–Kier alpha value is -6.16. The minimum Gasteiger partial charge on any atom is -0.309 e. The molecule has 3 heterocycles. The van der Waals surface area contributed by atoms with Crippen molar-refractivity contribution in [1.82, 2.24) is 9.13 Å². The third-order valence-electron chi connectivity index (χ3n) is 10.3. The van der Waals surface area contributed by atoms with E-state index in [1.54, 1.807) is 0 Å². The van der Waals surface area contributed by atoms with Gasteiger partial charge in [-0.05, 0) is 88.6 Å². The van der Waals surface area contributed by atoms with E-state index in [-0.39, 0.29) is 0 Å². The van der Waals surface area contributed by atoms with Crippen molar-refractivity contribution in [3.63, 3.8) is 0 Å². The summed E-state index contributed by atoms with van der Waals surface area (Å²) in [6, 6.07) is 62.4. The first kappa shape index (κ1) is 26.9. The number of benzene rings is 8. The molecule has 0 saturated carbocycles. The van der Waals surface area contributed by atoms with Gasteiger partial charge in [0.15, 0.2) is 0 Å². The van der Waals surface area contributed by atoms with Crippen LogP contribution in [-0.2, 0) is 0 Å². The van der Waals surface area contributed by atoms with Crippen LogP contribution in [0, 0.1) is 0 Å². The molecule has 0 amide bonds. The molecule has 0 atom stereocenters. The second-order valence-electron chi connectivity index (χ2n) is 12.9. The van der Waals surface area contributed by atoms with E-state index in [0.717, 1.165) is 0 Å². The molecule has 0 aliphatic rings. The number of aromatic nitrogens is 2. The van der Waals surface area contributed by atoms with Crippen molar-refractivity contribution in [2.45, 2.75) is 0 Å². The summed E-state index contributed by atoms with van der Waals surface area (Å²) in [4.78, 5) is 0. The Morgan fingerprint density at radius 1 is 0.347 bits per heavy atom. The van der Waals surface area contributed by atoms with E-state index in [0.29, 0.717) is 0 Å². The fourth-order valence-electron chi connectivity index (χ4n) is 8.20. The molecule has 228 valence electrons. The molecular weight excluding hydrogens is 613 g/mol. The fraction of sp³-hybridized carbons (Fsp3) is 0. The second kappa shape index (κ2) is 10.2. The van der Waals surface area contributed by atoms with Crippen LogP contribution in [0.4, 0.5) is 0 Å². The summed E-state index contributed by atoms with van der Waals surface area (Å²) in [5.41, 5.74) is 9.71. The number of nitrogens with zero attached hydrogens (tertiary/aromatic N) is 2. The molecular formula is C46H28N2S. The monoisotopic (exact) mass is 640 g/mol. The molecule has 0 bridgehead atoms. The van der Waals surface area contributed by atoms with E-state index < -0.39 is 0 Å². The van der Waals surface area contributed by atoms with Crippen LogP contribution < -0.4 is 0 Å². The predicted molar refractivity (Wildman–Crippen MR) is 211 cm³/mol. The molecule has 0 radical (unpaired) electrons. The molecule has 0 unspecified atom stereocenters. The summed E-state index contributed by atoms with van der Waals surface area (Å²) in [6.45, 7) is 0. The Kier molecular flexibility index (Phi) is 5.57. The normalized spacial score (nSPS) is 12.1. The van der Waals surface area contributed by atoms with Crippen LogP contribution in [0.2, 0.25) is 0 Å². The summed E-state index contributed by atoms with van der Waals surface area (Å²) in [6.07, 6.45) is 0. The summed E-state index contributed by atoms with van der Waals surface area (Å²) < 4.78 is 7.52. The number of thiophene rings is 1. The molecule has 2 nitrogen and oxygen atoms in total. The Bertz CT molecular complexity index is 3100. The molecule has 0 fully saturated rings. The molecule has 0 spiro atoms. The zero-order valence-corrected chi connectivity index (χ0v) is 27.3. The van der Waals surface area contributed by atoms with E-state index in [9.17, 15) is 0 Å². The first-order valence-corrected chi connectivity index (χ1v) is 17.6. The van der Waals surface area contributed by atoms with Gasteiger partial charge in [-0.2, -0.15) is 0 Å². The average molecular weight is 641 g/mol. The summed E-state index contributed by atoms with van der Waals surface area (Å²) in [7, 11) is 0. The molecule has 0 saturated heterocycles. The number of fused-ring (bicyclic) bond motifs is 11. The minimum absolute atomic E-state index is 1.17. The highest BCUT2D eigenvalue weighted by atomic mass is 32.1. The summed E-state index contributed by atoms with van der Waals surface area (Å²) >= 11 is 1.88. The summed E-state index contributed by atoms with van der Waals surface area (Å²) in [5, 5.41) is 10.3. The number of hydrogen-bond acceptors (Lipinski definition) is 1. The van der Waals surface area contributed by atoms with Crippen molar-refractivity contribution in [2.75, 3.05) is 0 Å². The van der Waals surface area contributed by atoms with E-state index in [2.05, 4.69) is 179 Å². The Balaban J connectivity index is 1.25. The highest BCUT2D eigenvalue weighted by Gasteiger charge is 2.20. The molecule has 0 aliphatic carbocycles. The van der Waals surface area contributed by atoms with Crippen LogP contribution in [0.1, 0.15) is 0 Å². The first-order valence-electron chi connectivity index (χ1n) is 16.8. The molecule has 0 N–H and O–H groups in total. The van der Waals surface area contributed by atoms with E-state index in [1.807, 2.05) is 11.3 Å². The molecule has 3 heteroatoms. The molecule has 3 aromatic heterocycles. The van der Waals surface area contributed by atoms with Gasteiger partial charge in [0.25, 0.3) is 0 Å². The maximum Gasteiger partial charge on any atom is 0.0548 e. The molecule has 49 heavy (non-hydrogen) atoms. The third kappa shape index (κ3) is 3.82. The minimum atomic E-state index is 1.17. The lowest BCUT2D eigenvalue weighted by atomic mass is 9.96. The average Bonchev–Trinajstić information content (AvgIpc) is 3.82. The Labute approximate surface area is 286 Å². The maximum atomic E-state index is 2.48. The Morgan fingerprint density at radius 2 is 1.02 bits per heavy atom. The van der Waals surface area contributed by atoms with Crippen LogP contribution in [0.25, 0.3) is 97.1 Å². The van der Waals surface area contributed by atoms with E-state index in [1.165, 1.54) is 97.1 Å². The van der Waals surface area contributed by atoms with Crippen molar-refractivity contribution in [2.24, 2.45) is 0 Å². The van der Waals surface area contributed by atoms with Gasteiger partial charge in [-0.1, -0.05) is 103 Å². The molecule has 0 aliphatic heterocycles. The van der Waals surface area contributed by atoms with Gasteiger partial charge in [-0.25, -0.2) is 0 Å².